The lowest BCUT2D eigenvalue weighted by Crippen LogP contribution is -2.43. The Morgan fingerprint density at radius 1 is 1.09 bits per heavy atom. The molecule has 0 aromatic rings. The first-order valence-electron chi connectivity index (χ1n) is 7.47. The van der Waals surface area contributed by atoms with Gasteiger partial charge in [-0.05, 0) is 19.3 Å². The lowest BCUT2D eigenvalue weighted by Gasteiger charge is -2.27. The number of carbonyl (C=O) groups is 1. The first-order valence-corrected chi connectivity index (χ1v) is 9.08. The van der Waals surface area contributed by atoms with E-state index < -0.39 is 25.5 Å². The van der Waals surface area contributed by atoms with E-state index in [0.717, 1.165) is 12.8 Å². The molecule has 0 rings (SSSR count). The Bertz CT molecular complexity index is 363. The molecule has 1 atom stereocenters. The van der Waals surface area contributed by atoms with E-state index in [0.29, 0.717) is 12.8 Å². The molecule has 0 aromatic carbocycles. The summed E-state index contributed by atoms with van der Waals surface area (Å²) >= 11 is 0. The van der Waals surface area contributed by atoms with Crippen molar-refractivity contribution in [2.45, 2.75) is 64.8 Å². The van der Waals surface area contributed by atoms with E-state index in [1.165, 1.54) is 6.92 Å². The normalized spacial score (nSPS) is 13.9. The summed E-state index contributed by atoms with van der Waals surface area (Å²) < 4.78 is 60.3. The highest BCUT2D eigenvalue weighted by atomic mass is 31.2. The van der Waals surface area contributed by atoms with Crippen LogP contribution in [0.2, 0.25) is 0 Å². The number of hydrogen-bond acceptors (Lipinski definition) is 4. The minimum atomic E-state index is -5.04. The highest BCUT2D eigenvalue weighted by Gasteiger charge is 2.44. The Balaban J connectivity index is 4.98. The van der Waals surface area contributed by atoms with Gasteiger partial charge in [-0.15, -0.1) is 0 Å². The molecule has 1 N–H and O–H groups in total. The van der Waals surface area contributed by atoms with Gasteiger partial charge in [0.15, 0.2) is 0 Å². The predicted molar refractivity (Wildman–Crippen MR) is 77.6 cm³/mol. The van der Waals surface area contributed by atoms with Gasteiger partial charge >= 0.3 is 19.7 Å². The fourth-order valence-electron chi connectivity index (χ4n) is 1.53. The molecule has 0 aliphatic heterocycles. The van der Waals surface area contributed by atoms with Crippen molar-refractivity contribution in [2.75, 3.05) is 13.2 Å². The van der Waals surface area contributed by atoms with E-state index in [1.54, 1.807) is 5.32 Å². The number of alkyl halides is 3. The van der Waals surface area contributed by atoms with Crippen molar-refractivity contribution in [3.8, 4) is 0 Å². The lowest BCUT2D eigenvalue weighted by molar-refractivity contribution is -0.174. The number of hydrogen-bond donors (Lipinski definition) is 1. The smallest absolute Gasteiger partial charge is 0.334 e. The maximum absolute atomic E-state index is 12.7. The van der Waals surface area contributed by atoms with Gasteiger partial charge in [-0.25, -0.2) is 0 Å². The molecule has 132 valence electrons. The summed E-state index contributed by atoms with van der Waals surface area (Å²) in [6, 6.07) is 0. The summed E-state index contributed by atoms with van der Waals surface area (Å²) in [4.78, 5) is 11.1. The minimum absolute atomic E-state index is 0.0113. The summed E-state index contributed by atoms with van der Waals surface area (Å²) in [6.45, 7) is 5.53. The quantitative estimate of drug-likeness (QED) is 0.449. The van der Waals surface area contributed by atoms with E-state index >= 15 is 0 Å². The third kappa shape index (κ3) is 7.61. The Labute approximate surface area is 129 Å². The SMILES string of the molecule is CCCCOP(=O)(OCCCC)C(CC)NC(=O)C(F)(F)F. The number of amides is 1. The Hall–Kier alpha value is -0.590. The maximum Gasteiger partial charge on any atom is 0.471 e. The van der Waals surface area contributed by atoms with Gasteiger partial charge < -0.3 is 14.4 Å². The van der Waals surface area contributed by atoms with Crippen LogP contribution < -0.4 is 5.32 Å². The molecule has 0 spiro atoms. The van der Waals surface area contributed by atoms with Crippen molar-refractivity contribution in [2.24, 2.45) is 0 Å². The molecule has 5 nitrogen and oxygen atoms in total. The number of nitrogens with one attached hydrogen (secondary N) is 1. The molecule has 0 heterocycles. The van der Waals surface area contributed by atoms with Gasteiger partial charge in [-0.1, -0.05) is 33.6 Å². The Morgan fingerprint density at radius 3 is 1.86 bits per heavy atom. The van der Waals surface area contributed by atoms with Crippen molar-refractivity contribution in [3.05, 3.63) is 0 Å². The summed E-state index contributed by atoms with van der Waals surface area (Å²) in [5.41, 5.74) is 0. The molecule has 0 radical (unpaired) electrons. The molecular weight excluding hydrogens is 322 g/mol. The minimum Gasteiger partial charge on any atom is -0.334 e. The van der Waals surface area contributed by atoms with Crippen LogP contribution in [0.1, 0.15) is 52.9 Å². The van der Waals surface area contributed by atoms with Crippen molar-refractivity contribution in [1.82, 2.24) is 5.32 Å². The number of rotatable bonds is 11. The molecule has 0 saturated carbocycles. The van der Waals surface area contributed by atoms with E-state index in [1.807, 2.05) is 13.8 Å². The molecule has 9 heteroatoms. The average Bonchev–Trinajstić information content (AvgIpc) is 2.43. The Kier molecular flexibility index (Phi) is 9.96. The second-order valence-electron chi connectivity index (χ2n) is 4.81. The third-order valence-corrected chi connectivity index (χ3v) is 5.20. The highest BCUT2D eigenvalue weighted by molar-refractivity contribution is 7.54. The van der Waals surface area contributed by atoms with Gasteiger partial charge in [0.2, 0.25) is 0 Å². The molecule has 0 fully saturated rings. The zero-order valence-corrected chi connectivity index (χ0v) is 14.1. The highest BCUT2D eigenvalue weighted by Crippen LogP contribution is 2.53. The summed E-state index contributed by atoms with van der Waals surface area (Å²) in [6.07, 6.45) is -2.26. The third-order valence-electron chi connectivity index (χ3n) is 2.86. The fourth-order valence-corrected chi connectivity index (χ4v) is 3.45. The molecule has 0 saturated heterocycles. The second kappa shape index (κ2) is 10.2. The maximum atomic E-state index is 12.7. The number of unbranched alkanes of at least 4 members (excludes halogenated alkanes) is 2. The van der Waals surface area contributed by atoms with Crippen LogP contribution in [0, 0.1) is 0 Å². The Morgan fingerprint density at radius 2 is 1.55 bits per heavy atom. The van der Waals surface area contributed by atoms with Gasteiger partial charge in [0.25, 0.3) is 0 Å². The lowest BCUT2D eigenvalue weighted by atomic mass is 10.4. The summed E-state index contributed by atoms with van der Waals surface area (Å²) in [5.74, 6) is -3.45. The van der Waals surface area contributed by atoms with Gasteiger partial charge in [-0.3, -0.25) is 9.36 Å². The zero-order chi connectivity index (χ0) is 17.2. The van der Waals surface area contributed by atoms with Crippen molar-refractivity contribution >= 4 is 13.5 Å². The first kappa shape index (κ1) is 21.4. The average molecular weight is 347 g/mol. The molecule has 22 heavy (non-hydrogen) atoms. The van der Waals surface area contributed by atoms with Crippen LogP contribution in [0.15, 0.2) is 0 Å². The van der Waals surface area contributed by atoms with Crippen molar-refractivity contribution in [3.63, 3.8) is 0 Å². The molecular formula is C13H25F3NO4P. The van der Waals surface area contributed by atoms with Crippen molar-refractivity contribution in [1.29, 1.82) is 0 Å². The molecule has 0 aliphatic carbocycles. The molecule has 0 aliphatic rings. The van der Waals surface area contributed by atoms with Crippen LogP contribution in [-0.2, 0) is 18.4 Å². The molecule has 0 aromatic heterocycles. The van der Waals surface area contributed by atoms with E-state index in [9.17, 15) is 22.5 Å². The first-order chi connectivity index (χ1) is 10.2. The van der Waals surface area contributed by atoms with Crippen LogP contribution in [0.4, 0.5) is 13.2 Å². The molecule has 0 bridgehead atoms. The number of carbonyl (C=O) groups excluding carboxylic acids is 1. The van der Waals surface area contributed by atoms with Crippen LogP contribution in [0.25, 0.3) is 0 Å². The van der Waals surface area contributed by atoms with Gasteiger partial charge in [-0.2, -0.15) is 13.2 Å². The van der Waals surface area contributed by atoms with Crippen LogP contribution in [-0.4, -0.2) is 31.1 Å². The second-order valence-corrected chi connectivity index (χ2v) is 7.03. The van der Waals surface area contributed by atoms with E-state index in [-0.39, 0.29) is 19.6 Å². The van der Waals surface area contributed by atoms with Gasteiger partial charge in [0.1, 0.15) is 5.78 Å². The van der Waals surface area contributed by atoms with Crippen LogP contribution in [0.5, 0.6) is 0 Å². The standard InChI is InChI=1S/C13H25F3NO4P/c1-4-7-9-20-22(19,21-10-8-5-2)11(6-3)17-12(18)13(14,15)16/h11H,4-10H2,1-3H3,(H,17,18). The molecule has 1 unspecified atom stereocenters. The van der Waals surface area contributed by atoms with Crippen LogP contribution in [0.3, 0.4) is 0 Å². The van der Waals surface area contributed by atoms with Crippen molar-refractivity contribution < 1.29 is 31.6 Å². The summed E-state index contributed by atoms with van der Waals surface area (Å²) in [7, 11) is -3.84. The number of halogens is 3. The summed E-state index contributed by atoms with van der Waals surface area (Å²) in [5, 5.41) is 1.72. The monoisotopic (exact) mass is 347 g/mol. The van der Waals surface area contributed by atoms with E-state index in [2.05, 4.69) is 0 Å². The fraction of sp³-hybridized carbons (Fsp3) is 0.923. The molecule has 1 amide bonds. The predicted octanol–water partition coefficient (Wildman–Crippen LogP) is 4.23. The van der Waals surface area contributed by atoms with Gasteiger partial charge in [0.05, 0.1) is 13.2 Å². The van der Waals surface area contributed by atoms with Crippen LogP contribution >= 0.6 is 7.60 Å². The zero-order valence-electron chi connectivity index (χ0n) is 13.2. The topological polar surface area (TPSA) is 64.6 Å². The van der Waals surface area contributed by atoms with E-state index in [4.69, 9.17) is 9.05 Å². The van der Waals surface area contributed by atoms with Gasteiger partial charge in [0, 0.05) is 0 Å². The largest absolute Gasteiger partial charge is 0.471 e.